The molecule has 0 aromatic heterocycles. The number of amides is 2. The maximum Gasteiger partial charge on any atom is 0.264 e. The summed E-state index contributed by atoms with van der Waals surface area (Å²) in [6, 6.07) is 20.7. The van der Waals surface area contributed by atoms with E-state index in [0.717, 1.165) is 16.3 Å². The summed E-state index contributed by atoms with van der Waals surface area (Å²) in [5, 5.41) is 2.93. The number of nitrogens with zero attached hydrogens (tertiary/aromatic N) is 2. The highest BCUT2D eigenvalue weighted by Crippen LogP contribution is 2.27. The molecule has 0 spiro atoms. The molecule has 0 aliphatic carbocycles. The maximum absolute atomic E-state index is 14.0. The Kier molecular flexibility index (Phi) is 11.2. The van der Waals surface area contributed by atoms with E-state index in [4.69, 9.17) is 9.47 Å². The van der Waals surface area contributed by atoms with Crippen LogP contribution in [0.2, 0.25) is 0 Å². The minimum Gasteiger partial charge on any atom is -0.497 e. The Morgan fingerprint density at radius 1 is 0.902 bits per heavy atom. The van der Waals surface area contributed by atoms with E-state index in [0.29, 0.717) is 23.8 Å². The van der Waals surface area contributed by atoms with E-state index >= 15 is 0 Å². The summed E-state index contributed by atoms with van der Waals surface area (Å²) in [6.07, 6.45) is 0.725. The van der Waals surface area contributed by atoms with Gasteiger partial charge in [-0.25, -0.2) is 8.42 Å². The van der Waals surface area contributed by atoms with Gasteiger partial charge in [-0.05, 0) is 81.3 Å². The number of carbonyl (C=O) groups excluding carboxylic acids is 2. The molecule has 0 heterocycles. The highest BCUT2D eigenvalue weighted by molar-refractivity contribution is 7.92. The van der Waals surface area contributed by atoms with E-state index < -0.39 is 28.5 Å². The second kappa shape index (κ2) is 14.5. The minimum atomic E-state index is -4.14. The van der Waals surface area contributed by atoms with Gasteiger partial charge < -0.3 is 19.7 Å². The van der Waals surface area contributed by atoms with Crippen LogP contribution in [-0.2, 0) is 26.2 Å². The Balaban J connectivity index is 2.02. The number of ether oxygens (including phenoxy) is 2. The first kappa shape index (κ1) is 31.5. The van der Waals surface area contributed by atoms with Crippen LogP contribution in [0, 0.1) is 0 Å². The highest BCUT2D eigenvalue weighted by Gasteiger charge is 2.32. The molecular formula is C31H39N3O6S. The van der Waals surface area contributed by atoms with E-state index in [1.54, 1.807) is 74.7 Å². The van der Waals surface area contributed by atoms with Crippen molar-refractivity contribution in [3.8, 4) is 11.5 Å². The van der Waals surface area contributed by atoms with Crippen LogP contribution < -0.4 is 19.1 Å². The Bertz CT molecular complexity index is 1400. The van der Waals surface area contributed by atoms with E-state index in [9.17, 15) is 18.0 Å². The van der Waals surface area contributed by atoms with Crippen molar-refractivity contribution < 1.29 is 27.5 Å². The normalized spacial score (nSPS) is 12.6. The number of hydrogen-bond acceptors (Lipinski definition) is 6. The van der Waals surface area contributed by atoms with Gasteiger partial charge in [0.1, 0.15) is 24.1 Å². The topological polar surface area (TPSA) is 105 Å². The van der Waals surface area contributed by atoms with Crippen molar-refractivity contribution in [2.24, 2.45) is 0 Å². The van der Waals surface area contributed by atoms with Crippen molar-refractivity contribution in [2.45, 2.75) is 57.6 Å². The quantitative estimate of drug-likeness (QED) is 0.298. The second-order valence-electron chi connectivity index (χ2n) is 9.62. The number of methoxy groups -OCH3 is 1. The third kappa shape index (κ3) is 8.23. The molecule has 3 aromatic carbocycles. The maximum atomic E-state index is 14.0. The summed E-state index contributed by atoms with van der Waals surface area (Å²) in [7, 11) is -2.59. The SMILES string of the molecule is CCOc1ccc(N(CC(=O)N(Cc2cccc(OC)c2)[C@@H](C)C(=O)N[C@H](C)CC)S(=O)(=O)c2ccccc2)cc1. The Hall–Kier alpha value is -4.05. The molecule has 0 unspecified atom stereocenters. The zero-order valence-corrected chi connectivity index (χ0v) is 25.1. The summed E-state index contributed by atoms with van der Waals surface area (Å²) in [5.41, 5.74) is 1.03. The number of carbonyl (C=O) groups is 2. The summed E-state index contributed by atoms with van der Waals surface area (Å²) < 4.78 is 39.6. The Labute approximate surface area is 243 Å². The zero-order chi connectivity index (χ0) is 30.0. The zero-order valence-electron chi connectivity index (χ0n) is 24.2. The van der Waals surface area contributed by atoms with Crippen LogP contribution in [0.1, 0.15) is 39.7 Å². The number of hydrogen-bond donors (Lipinski definition) is 1. The average Bonchev–Trinajstić information content (AvgIpc) is 2.99. The fourth-order valence-electron chi connectivity index (χ4n) is 4.14. The minimum absolute atomic E-state index is 0.0450. The van der Waals surface area contributed by atoms with Gasteiger partial charge in [-0.2, -0.15) is 0 Å². The lowest BCUT2D eigenvalue weighted by atomic mass is 10.1. The predicted octanol–water partition coefficient (Wildman–Crippen LogP) is 4.62. The number of sulfonamides is 1. The van der Waals surface area contributed by atoms with Crippen molar-refractivity contribution >= 4 is 27.5 Å². The van der Waals surface area contributed by atoms with Crippen LogP contribution in [0.4, 0.5) is 5.69 Å². The molecule has 0 aliphatic rings. The Morgan fingerprint density at radius 3 is 2.20 bits per heavy atom. The van der Waals surface area contributed by atoms with Gasteiger partial charge in [0, 0.05) is 12.6 Å². The first-order valence-corrected chi connectivity index (χ1v) is 15.1. The first-order chi connectivity index (χ1) is 19.6. The predicted molar refractivity (Wildman–Crippen MR) is 159 cm³/mol. The summed E-state index contributed by atoms with van der Waals surface area (Å²) in [4.78, 5) is 28.6. The van der Waals surface area contributed by atoms with Crippen molar-refractivity contribution in [1.29, 1.82) is 0 Å². The van der Waals surface area contributed by atoms with Crippen molar-refractivity contribution in [2.75, 3.05) is 24.6 Å². The third-order valence-corrected chi connectivity index (χ3v) is 8.49. The molecule has 9 nitrogen and oxygen atoms in total. The van der Waals surface area contributed by atoms with Crippen LogP contribution in [-0.4, -0.2) is 57.5 Å². The molecule has 3 aromatic rings. The van der Waals surface area contributed by atoms with Crippen LogP contribution in [0.5, 0.6) is 11.5 Å². The lowest BCUT2D eigenvalue weighted by molar-refractivity contribution is -0.139. The number of benzene rings is 3. The number of nitrogens with one attached hydrogen (secondary N) is 1. The van der Waals surface area contributed by atoms with Crippen LogP contribution in [0.25, 0.3) is 0 Å². The summed E-state index contributed by atoms with van der Waals surface area (Å²) in [5.74, 6) is 0.325. The fraction of sp³-hybridized carbons (Fsp3) is 0.355. The molecule has 2 amide bonds. The molecule has 10 heteroatoms. The molecule has 0 radical (unpaired) electrons. The van der Waals surface area contributed by atoms with Gasteiger partial charge in [-0.3, -0.25) is 13.9 Å². The fourth-order valence-corrected chi connectivity index (χ4v) is 5.57. The molecule has 0 saturated carbocycles. The molecule has 3 rings (SSSR count). The molecule has 1 N–H and O–H groups in total. The van der Waals surface area contributed by atoms with Crippen molar-refractivity contribution in [3.05, 3.63) is 84.4 Å². The van der Waals surface area contributed by atoms with Crippen molar-refractivity contribution in [3.63, 3.8) is 0 Å². The average molecular weight is 582 g/mol. The van der Waals surface area contributed by atoms with Crippen LogP contribution in [0.3, 0.4) is 0 Å². The standard InChI is InChI=1S/C31H39N3O6S/c1-6-23(3)32-31(36)24(4)33(21-25-12-11-13-28(20-25)39-5)30(35)22-34(26-16-18-27(19-17-26)40-7-2)41(37,38)29-14-9-8-10-15-29/h8-20,23-24H,6-7,21-22H2,1-5H3,(H,32,36)/t23-,24+/m1/s1. The molecule has 2 atom stereocenters. The highest BCUT2D eigenvalue weighted by atomic mass is 32.2. The Morgan fingerprint density at radius 2 is 1.59 bits per heavy atom. The lowest BCUT2D eigenvalue weighted by Crippen LogP contribution is -2.52. The number of rotatable bonds is 14. The molecule has 41 heavy (non-hydrogen) atoms. The van der Waals surface area contributed by atoms with Gasteiger partial charge in [-0.15, -0.1) is 0 Å². The first-order valence-electron chi connectivity index (χ1n) is 13.6. The van der Waals surface area contributed by atoms with Gasteiger partial charge in [0.2, 0.25) is 11.8 Å². The van der Waals surface area contributed by atoms with E-state index in [2.05, 4.69) is 5.32 Å². The monoisotopic (exact) mass is 581 g/mol. The molecular weight excluding hydrogens is 542 g/mol. The van der Waals surface area contributed by atoms with Crippen molar-refractivity contribution in [1.82, 2.24) is 10.2 Å². The van der Waals surface area contributed by atoms with Gasteiger partial charge >= 0.3 is 0 Å². The van der Waals surface area contributed by atoms with E-state index in [1.807, 2.05) is 26.8 Å². The second-order valence-corrected chi connectivity index (χ2v) is 11.5. The van der Waals surface area contributed by atoms with Gasteiger partial charge in [0.15, 0.2) is 0 Å². The number of anilines is 1. The van der Waals surface area contributed by atoms with Crippen LogP contribution >= 0.6 is 0 Å². The smallest absolute Gasteiger partial charge is 0.264 e. The molecule has 220 valence electrons. The molecule has 0 aliphatic heterocycles. The largest absolute Gasteiger partial charge is 0.497 e. The van der Waals surface area contributed by atoms with Gasteiger partial charge in [-0.1, -0.05) is 37.3 Å². The summed E-state index contributed by atoms with van der Waals surface area (Å²) >= 11 is 0. The van der Waals surface area contributed by atoms with Crippen LogP contribution in [0.15, 0.2) is 83.8 Å². The van der Waals surface area contributed by atoms with E-state index in [-0.39, 0.29) is 23.4 Å². The van der Waals surface area contributed by atoms with Gasteiger partial charge in [0.25, 0.3) is 10.0 Å². The summed E-state index contributed by atoms with van der Waals surface area (Å²) in [6.45, 7) is 7.36. The molecule has 0 bridgehead atoms. The van der Waals surface area contributed by atoms with E-state index in [1.165, 1.54) is 17.0 Å². The lowest BCUT2D eigenvalue weighted by Gasteiger charge is -2.32. The third-order valence-electron chi connectivity index (χ3n) is 6.70. The van der Waals surface area contributed by atoms with Gasteiger partial charge in [0.05, 0.1) is 24.3 Å². The molecule has 0 fully saturated rings. The molecule has 0 saturated heterocycles.